The van der Waals surface area contributed by atoms with Gasteiger partial charge in [-0.15, -0.1) is 0 Å². The van der Waals surface area contributed by atoms with Gasteiger partial charge in [0.1, 0.15) is 17.1 Å². The molecule has 0 spiro atoms. The molecule has 1 unspecified atom stereocenters. The van der Waals surface area contributed by atoms with Crippen LogP contribution in [-0.2, 0) is 28.4 Å². The quantitative estimate of drug-likeness (QED) is 0.154. The Morgan fingerprint density at radius 2 is 1.80 bits per heavy atom. The first-order valence-corrected chi connectivity index (χ1v) is 18.1. The minimum atomic E-state index is -0.443. The number of imide groups is 1. The Balaban J connectivity index is 0.922. The predicted octanol–water partition coefficient (Wildman–Crippen LogP) is 4.72. The number of anilines is 2. The van der Waals surface area contributed by atoms with E-state index in [0.29, 0.717) is 53.6 Å². The van der Waals surface area contributed by atoms with Crippen LogP contribution in [0.25, 0.3) is 33.3 Å². The van der Waals surface area contributed by atoms with Crippen LogP contribution in [0.1, 0.15) is 70.5 Å². The average molecular weight is 739 g/mol. The number of ether oxygens (including phenoxy) is 1. The van der Waals surface area contributed by atoms with Gasteiger partial charge in [0.05, 0.1) is 41.6 Å². The van der Waals surface area contributed by atoms with Gasteiger partial charge in [0.15, 0.2) is 5.76 Å². The number of aryl methyl sites for hydroxylation is 3. The molecule has 1 atom stereocenters. The van der Waals surface area contributed by atoms with Crippen molar-refractivity contribution in [3.63, 3.8) is 0 Å². The van der Waals surface area contributed by atoms with Gasteiger partial charge in [0.2, 0.25) is 11.8 Å². The van der Waals surface area contributed by atoms with E-state index in [4.69, 9.17) is 9.15 Å². The fourth-order valence-electron chi connectivity index (χ4n) is 7.50. The van der Waals surface area contributed by atoms with E-state index in [1.165, 1.54) is 0 Å². The van der Waals surface area contributed by atoms with Crippen molar-refractivity contribution in [2.75, 3.05) is 25.1 Å². The maximum atomic E-state index is 13.0. The number of amides is 3. The van der Waals surface area contributed by atoms with Crippen LogP contribution in [0.4, 0.5) is 11.5 Å². The SMILES string of the molecule is Cc1cc(-c2cnc(Nc3cc(C4CCOCC4)c4c(c3)n(C)c(=O)n4C)cn2)cnc1C(=O)NCC#Cc1cc2c(C3CCC(=O)NC3=O)cccc2o1. The minimum Gasteiger partial charge on any atom is -0.448 e. The maximum Gasteiger partial charge on any atom is 0.328 e. The third-order valence-electron chi connectivity index (χ3n) is 10.3. The highest BCUT2D eigenvalue weighted by Gasteiger charge is 2.30. The Morgan fingerprint density at radius 1 is 0.964 bits per heavy atom. The third-order valence-corrected chi connectivity index (χ3v) is 10.3. The molecule has 4 aromatic heterocycles. The third kappa shape index (κ3) is 6.97. The van der Waals surface area contributed by atoms with E-state index < -0.39 is 5.92 Å². The van der Waals surface area contributed by atoms with Crippen molar-refractivity contribution in [2.45, 2.75) is 44.4 Å². The molecule has 14 nitrogen and oxygen atoms in total. The van der Waals surface area contributed by atoms with Crippen molar-refractivity contribution in [1.82, 2.24) is 34.7 Å². The number of benzene rings is 2. The Kier molecular flexibility index (Phi) is 9.46. The summed E-state index contributed by atoms with van der Waals surface area (Å²) in [6.45, 7) is 3.24. The first-order valence-electron chi connectivity index (χ1n) is 18.1. The molecule has 2 aromatic carbocycles. The molecule has 2 fully saturated rings. The Labute approximate surface area is 315 Å². The van der Waals surface area contributed by atoms with E-state index in [0.717, 1.165) is 46.1 Å². The van der Waals surface area contributed by atoms with Crippen LogP contribution in [0.5, 0.6) is 0 Å². The number of hydrogen-bond acceptors (Lipinski definition) is 10. The van der Waals surface area contributed by atoms with Gasteiger partial charge in [0.25, 0.3) is 5.91 Å². The van der Waals surface area contributed by atoms with Crippen molar-refractivity contribution in [3.05, 3.63) is 99.7 Å². The molecule has 3 amide bonds. The van der Waals surface area contributed by atoms with Crippen LogP contribution in [0.2, 0.25) is 0 Å². The summed E-state index contributed by atoms with van der Waals surface area (Å²) in [7, 11) is 3.59. The number of carbonyl (C=O) groups excluding carboxylic acids is 3. The first kappa shape index (κ1) is 35.4. The molecule has 14 heteroatoms. The number of piperidine rings is 1. The molecule has 0 bridgehead atoms. The van der Waals surface area contributed by atoms with Crippen molar-refractivity contribution in [3.8, 4) is 23.1 Å². The van der Waals surface area contributed by atoms with E-state index >= 15 is 0 Å². The van der Waals surface area contributed by atoms with E-state index in [2.05, 4.69) is 48.8 Å². The molecule has 0 aliphatic carbocycles. The molecular formula is C41H38N8O6. The van der Waals surface area contributed by atoms with E-state index in [1.54, 1.807) is 53.8 Å². The molecule has 55 heavy (non-hydrogen) atoms. The number of hydrogen-bond donors (Lipinski definition) is 3. The van der Waals surface area contributed by atoms with Gasteiger partial charge in [0, 0.05) is 62.6 Å². The van der Waals surface area contributed by atoms with E-state index in [1.807, 2.05) is 31.3 Å². The number of carbonyl (C=O) groups is 3. The summed E-state index contributed by atoms with van der Waals surface area (Å²) in [4.78, 5) is 63.6. The second kappa shape index (κ2) is 14.7. The zero-order valence-electron chi connectivity index (χ0n) is 30.6. The molecule has 6 heterocycles. The van der Waals surface area contributed by atoms with Gasteiger partial charge in [-0.25, -0.2) is 9.78 Å². The summed E-state index contributed by atoms with van der Waals surface area (Å²) in [5, 5.41) is 9.32. The molecule has 3 N–H and O–H groups in total. The van der Waals surface area contributed by atoms with Gasteiger partial charge < -0.3 is 19.8 Å². The fraction of sp³-hybridized carbons (Fsp3) is 0.293. The summed E-state index contributed by atoms with van der Waals surface area (Å²) in [6, 6.07) is 13.1. The molecule has 2 aliphatic heterocycles. The van der Waals surface area contributed by atoms with Crippen LogP contribution in [0.15, 0.2) is 70.3 Å². The average Bonchev–Trinajstić information content (AvgIpc) is 3.71. The highest BCUT2D eigenvalue weighted by molar-refractivity contribution is 6.03. The predicted molar refractivity (Wildman–Crippen MR) is 205 cm³/mol. The molecular weight excluding hydrogens is 701 g/mol. The molecule has 0 radical (unpaired) electrons. The van der Waals surface area contributed by atoms with Gasteiger partial charge in [-0.1, -0.05) is 18.1 Å². The molecule has 8 rings (SSSR count). The number of fused-ring (bicyclic) bond motifs is 2. The molecule has 278 valence electrons. The molecule has 2 aliphatic rings. The number of nitrogens with zero attached hydrogens (tertiary/aromatic N) is 5. The van der Waals surface area contributed by atoms with Crippen LogP contribution >= 0.6 is 0 Å². The summed E-state index contributed by atoms with van der Waals surface area (Å²) in [5.74, 6) is 5.68. The van der Waals surface area contributed by atoms with Gasteiger partial charge in [-0.2, -0.15) is 0 Å². The van der Waals surface area contributed by atoms with Crippen molar-refractivity contribution in [1.29, 1.82) is 0 Å². The Morgan fingerprint density at radius 3 is 2.56 bits per heavy atom. The Bertz CT molecular complexity index is 2620. The van der Waals surface area contributed by atoms with Crippen molar-refractivity contribution in [2.24, 2.45) is 14.1 Å². The molecule has 6 aromatic rings. The lowest BCUT2D eigenvalue weighted by atomic mass is 9.88. The van der Waals surface area contributed by atoms with Crippen LogP contribution in [0, 0.1) is 18.8 Å². The second-order valence-corrected chi connectivity index (χ2v) is 13.9. The lowest BCUT2D eigenvalue weighted by molar-refractivity contribution is -0.134. The molecule has 2 saturated heterocycles. The topological polar surface area (TPSA) is 175 Å². The lowest BCUT2D eigenvalue weighted by Gasteiger charge is -2.24. The van der Waals surface area contributed by atoms with Crippen LogP contribution < -0.4 is 21.6 Å². The first-order chi connectivity index (χ1) is 26.6. The number of rotatable bonds is 7. The van der Waals surface area contributed by atoms with Gasteiger partial charge in [-0.05, 0) is 79.0 Å². The largest absolute Gasteiger partial charge is 0.448 e. The van der Waals surface area contributed by atoms with Crippen molar-refractivity contribution < 1.29 is 23.5 Å². The van der Waals surface area contributed by atoms with Crippen LogP contribution in [-0.4, -0.2) is 61.6 Å². The maximum absolute atomic E-state index is 13.0. The number of imidazole rings is 1. The summed E-state index contributed by atoms with van der Waals surface area (Å²) >= 11 is 0. The van der Waals surface area contributed by atoms with Gasteiger partial charge in [-0.3, -0.25) is 38.8 Å². The van der Waals surface area contributed by atoms with E-state index in [-0.39, 0.29) is 48.0 Å². The smallest absolute Gasteiger partial charge is 0.328 e. The standard InChI is InChI=1S/C41H38N8O6/c1-23-16-25(32-21-44-35(22-43-32)46-26-17-30(24-11-14-54-15-12-24)38-33(18-26)48(2)41(53)49(38)3)20-45-37(23)40(52)42-13-5-6-27-19-31-28(7-4-8-34(31)55-27)29-9-10-36(50)47-39(29)51/h4,7-8,16-22,24,29H,9-15H2,1-3H3,(H,42,52)(H,44,46)(H,47,50,51). The fourth-order valence-corrected chi connectivity index (χ4v) is 7.50. The summed E-state index contributed by atoms with van der Waals surface area (Å²) in [6.07, 6.45) is 7.37. The number of pyridine rings is 1. The Hall–Kier alpha value is -6.59. The normalized spacial score (nSPS) is 16.2. The lowest BCUT2D eigenvalue weighted by Crippen LogP contribution is -2.39. The number of nitrogens with one attached hydrogen (secondary N) is 3. The number of aromatic nitrogens is 5. The highest BCUT2D eigenvalue weighted by Crippen LogP contribution is 2.36. The summed E-state index contributed by atoms with van der Waals surface area (Å²) < 4.78 is 14.9. The molecule has 0 saturated carbocycles. The highest BCUT2D eigenvalue weighted by atomic mass is 16.5. The van der Waals surface area contributed by atoms with Gasteiger partial charge >= 0.3 is 5.69 Å². The number of furan rings is 1. The van der Waals surface area contributed by atoms with Crippen molar-refractivity contribution >= 4 is 51.2 Å². The summed E-state index contributed by atoms with van der Waals surface area (Å²) in [5.41, 5.74) is 7.22. The minimum absolute atomic E-state index is 0.0583. The second-order valence-electron chi connectivity index (χ2n) is 13.9. The van der Waals surface area contributed by atoms with Crippen LogP contribution in [0.3, 0.4) is 0 Å². The zero-order chi connectivity index (χ0) is 38.2. The zero-order valence-corrected chi connectivity index (χ0v) is 30.6. The van der Waals surface area contributed by atoms with E-state index in [9.17, 15) is 19.2 Å². The monoisotopic (exact) mass is 738 g/mol.